The maximum Gasteiger partial charge on any atom is 0.287 e. The Morgan fingerprint density at radius 3 is 2.91 bits per heavy atom. The summed E-state index contributed by atoms with van der Waals surface area (Å²) in [5, 5.41) is 11.1. The van der Waals surface area contributed by atoms with Crippen molar-refractivity contribution in [1.29, 1.82) is 0 Å². The molecule has 0 saturated heterocycles. The Morgan fingerprint density at radius 2 is 2.09 bits per heavy atom. The van der Waals surface area contributed by atoms with Crippen molar-refractivity contribution in [3.63, 3.8) is 0 Å². The average molecular weight is 338 g/mol. The van der Waals surface area contributed by atoms with Crippen LogP contribution in [0, 0.1) is 0 Å². The molecule has 0 spiro atoms. The molecule has 22 heavy (non-hydrogen) atoms. The van der Waals surface area contributed by atoms with Gasteiger partial charge in [0, 0.05) is 12.1 Å². The Morgan fingerprint density at radius 1 is 1.27 bits per heavy atom. The van der Waals surface area contributed by atoms with Crippen LogP contribution in [0.15, 0.2) is 40.1 Å². The van der Waals surface area contributed by atoms with Crippen LogP contribution >= 0.6 is 23.2 Å². The summed E-state index contributed by atoms with van der Waals surface area (Å²) < 4.78 is 0. The molecule has 5 nitrogen and oxygen atoms in total. The predicted octanol–water partition coefficient (Wildman–Crippen LogP) is 3.56. The van der Waals surface area contributed by atoms with Crippen molar-refractivity contribution in [3.05, 3.63) is 45.5 Å². The number of fused-ring (bicyclic) bond motifs is 1. The minimum atomic E-state index is -0.337. The second kappa shape index (κ2) is 6.18. The molecule has 3 rings (SSSR count). The van der Waals surface area contributed by atoms with Gasteiger partial charge in [-0.05, 0) is 37.0 Å². The lowest BCUT2D eigenvalue weighted by Crippen LogP contribution is -2.39. The topological polar surface area (TPSA) is 70.9 Å². The number of nitrogens with one attached hydrogen (secondary N) is 1. The summed E-state index contributed by atoms with van der Waals surface area (Å²) in [6.45, 7) is 0. The van der Waals surface area contributed by atoms with E-state index in [9.17, 15) is 9.59 Å². The van der Waals surface area contributed by atoms with Gasteiger partial charge in [-0.3, -0.25) is 9.59 Å². The maximum atomic E-state index is 12.3. The van der Waals surface area contributed by atoms with Gasteiger partial charge in [0.2, 0.25) is 0 Å². The highest BCUT2D eigenvalue weighted by Gasteiger charge is 2.29. The normalized spacial score (nSPS) is 23.7. The van der Waals surface area contributed by atoms with Gasteiger partial charge in [-0.1, -0.05) is 29.3 Å². The Balaban J connectivity index is 1.70. The van der Waals surface area contributed by atoms with Crippen molar-refractivity contribution in [3.8, 4) is 0 Å². The van der Waals surface area contributed by atoms with E-state index in [2.05, 4.69) is 15.5 Å². The van der Waals surface area contributed by atoms with Crippen LogP contribution in [0.5, 0.6) is 0 Å². The molecule has 2 aliphatic rings. The monoisotopic (exact) mass is 337 g/mol. The zero-order valence-electron chi connectivity index (χ0n) is 11.6. The first-order chi connectivity index (χ1) is 10.5. The van der Waals surface area contributed by atoms with E-state index in [4.69, 9.17) is 23.2 Å². The molecule has 1 aromatic rings. The van der Waals surface area contributed by atoms with Crippen LogP contribution in [0.3, 0.4) is 0 Å². The highest BCUT2D eigenvalue weighted by molar-refractivity contribution is 6.43. The van der Waals surface area contributed by atoms with Gasteiger partial charge in [0.15, 0.2) is 0 Å². The first-order valence-corrected chi connectivity index (χ1v) is 7.70. The number of hydrogen-bond acceptors (Lipinski definition) is 3. The molecule has 7 heteroatoms. The van der Waals surface area contributed by atoms with Gasteiger partial charge in [-0.25, -0.2) is 0 Å². The Labute approximate surface area is 137 Å². The third-order valence-electron chi connectivity index (χ3n) is 3.83. The third kappa shape index (κ3) is 3.05. The average Bonchev–Trinajstić information content (AvgIpc) is 2.49. The maximum absolute atomic E-state index is 12.3. The lowest BCUT2D eigenvalue weighted by atomic mass is 9.86. The van der Waals surface area contributed by atoms with E-state index >= 15 is 0 Å². The first kappa shape index (κ1) is 15.2. The Hall–Kier alpha value is -1.72. The van der Waals surface area contributed by atoms with Crippen LogP contribution in [0.4, 0.5) is 0 Å². The highest BCUT2D eigenvalue weighted by atomic mass is 35.5. The minimum Gasteiger partial charge on any atom is -0.349 e. The number of rotatable bonds is 2. The van der Waals surface area contributed by atoms with Crippen LogP contribution in [-0.4, -0.2) is 23.9 Å². The van der Waals surface area contributed by atoms with Crippen molar-refractivity contribution in [2.24, 2.45) is 10.2 Å². The molecule has 2 amide bonds. The summed E-state index contributed by atoms with van der Waals surface area (Å²) in [7, 11) is 0. The fraction of sp³-hybridized carbons (Fsp3) is 0.333. The second-order valence-corrected chi connectivity index (χ2v) is 6.13. The smallest absolute Gasteiger partial charge is 0.287 e. The van der Waals surface area contributed by atoms with Crippen LogP contribution in [-0.2, 0) is 4.79 Å². The number of carbonyl (C=O) groups is 2. The molecule has 1 aromatic carbocycles. The zero-order valence-corrected chi connectivity index (χ0v) is 13.1. The number of hydrogen-bond donors (Lipinski definition) is 1. The molecular formula is C15H13Cl2N3O2. The molecule has 1 aliphatic heterocycles. The van der Waals surface area contributed by atoms with Gasteiger partial charge < -0.3 is 5.32 Å². The molecule has 1 fully saturated rings. The van der Waals surface area contributed by atoms with Crippen molar-refractivity contribution in [2.45, 2.75) is 31.3 Å². The Kier molecular flexibility index (Phi) is 4.27. The molecular weight excluding hydrogens is 325 g/mol. The second-order valence-electron chi connectivity index (χ2n) is 5.34. The quantitative estimate of drug-likeness (QED) is 0.896. The van der Waals surface area contributed by atoms with Gasteiger partial charge in [-0.15, -0.1) is 5.11 Å². The van der Waals surface area contributed by atoms with Crippen LogP contribution < -0.4 is 5.32 Å². The number of halogens is 2. The zero-order chi connectivity index (χ0) is 15.7. The summed E-state index contributed by atoms with van der Waals surface area (Å²) in [5.74, 6) is -0.601. The van der Waals surface area contributed by atoms with E-state index in [-0.39, 0.29) is 28.9 Å². The molecule has 114 valence electrons. The lowest BCUT2D eigenvalue weighted by Gasteiger charge is -2.30. The molecule has 2 unspecified atom stereocenters. The Bertz CT molecular complexity index is 700. The van der Waals surface area contributed by atoms with E-state index in [1.165, 1.54) is 6.08 Å². The van der Waals surface area contributed by atoms with Crippen molar-refractivity contribution < 1.29 is 9.59 Å². The van der Waals surface area contributed by atoms with Crippen molar-refractivity contribution >= 4 is 35.0 Å². The summed E-state index contributed by atoms with van der Waals surface area (Å²) in [6, 6.07) is 4.87. The summed E-state index contributed by atoms with van der Waals surface area (Å²) >= 11 is 12.0. The molecule has 0 bridgehead atoms. The first-order valence-electron chi connectivity index (χ1n) is 6.95. The number of amides is 2. The van der Waals surface area contributed by atoms with Crippen LogP contribution in [0.1, 0.15) is 29.6 Å². The molecule has 1 heterocycles. The van der Waals surface area contributed by atoms with Gasteiger partial charge in [-0.2, -0.15) is 5.11 Å². The van der Waals surface area contributed by atoms with E-state index in [1.54, 1.807) is 18.2 Å². The van der Waals surface area contributed by atoms with Gasteiger partial charge in [0.1, 0.15) is 0 Å². The number of carbonyl (C=O) groups excluding carboxylic acids is 2. The van der Waals surface area contributed by atoms with E-state index in [1.807, 2.05) is 0 Å². The number of nitrogens with zero attached hydrogens (tertiary/aromatic N) is 2. The minimum absolute atomic E-state index is 0.0272. The lowest BCUT2D eigenvalue weighted by molar-refractivity contribution is -0.114. The molecule has 1 N–H and O–H groups in total. The SMILES string of the molecule is O=C1C=C2CC(NC(=O)c3cccc(Cl)c3Cl)CCC2N=N1. The summed E-state index contributed by atoms with van der Waals surface area (Å²) in [5.41, 5.74) is 1.28. The molecule has 1 saturated carbocycles. The van der Waals surface area contributed by atoms with E-state index in [0.29, 0.717) is 17.0 Å². The van der Waals surface area contributed by atoms with Crippen LogP contribution in [0.2, 0.25) is 10.0 Å². The number of benzene rings is 1. The predicted molar refractivity (Wildman–Crippen MR) is 83.3 cm³/mol. The highest BCUT2D eigenvalue weighted by Crippen LogP contribution is 2.30. The molecule has 0 aromatic heterocycles. The van der Waals surface area contributed by atoms with E-state index in [0.717, 1.165) is 18.4 Å². The van der Waals surface area contributed by atoms with Crippen LogP contribution in [0.25, 0.3) is 0 Å². The van der Waals surface area contributed by atoms with Crippen molar-refractivity contribution in [1.82, 2.24) is 5.32 Å². The van der Waals surface area contributed by atoms with Gasteiger partial charge >= 0.3 is 0 Å². The number of azo groups is 1. The molecule has 0 radical (unpaired) electrons. The third-order valence-corrected chi connectivity index (χ3v) is 4.65. The standard InChI is InChI=1S/C15H13Cl2N3O2/c16-11-3-1-2-10(14(11)17)15(22)18-9-4-5-12-8(6-9)7-13(21)20-19-12/h1-3,7,9,12H,4-6H2,(H,18,22). The molecule has 2 atom stereocenters. The largest absolute Gasteiger partial charge is 0.349 e. The van der Waals surface area contributed by atoms with Crippen molar-refractivity contribution in [2.75, 3.05) is 0 Å². The summed E-state index contributed by atoms with van der Waals surface area (Å²) in [4.78, 5) is 23.6. The van der Waals surface area contributed by atoms with E-state index < -0.39 is 0 Å². The summed E-state index contributed by atoms with van der Waals surface area (Å²) in [6.07, 6.45) is 3.65. The molecule has 1 aliphatic carbocycles. The fourth-order valence-corrected chi connectivity index (χ4v) is 3.12. The van der Waals surface area contributed by atoms with Gasteiger partial charge in [0.25, 0.3) is 11.8 Å². The van der Waals surface area contributed by atoms with Gasteiger partial charge in [0.05, 0.1) is 21.7 Å². The fourth-order valence-electron chi connectivity index (χ4n) is 2.73.